The van der Waals surface area contributed by atoms with Gasteiger partial charge >= 0.3 is 5.97 Å². The van der Waals surface area contributed by atoms with Gasteiger partial charge in [-0.2, -0.15) is 0 Å². The normalized spacial score (nSPS) is 11.3. The van der Waals surface area contributed by atoms with Crippen LogP contribution in [0.4, 0.5) is 0 Å². The number of esters is 1. The Morgan fingerprint density at radius 3 is 2.43 bits per heavy atom. The quantitative estimate of drug-likeness (QED) is 0.205. The van der Waals surface area contributed by atoms with Crippen molar-refractivity contribution in [2.24, 2.45) is 0 Å². The van der Waals surface area contributed by atoms with Gasteiger partial charge in [-0.15, -0.1) is 0 Å². The molecular weight excluding hydrogens is 492 g/mol. The predicted octanol–water partition coefficient (Wildman–Crippen LogP) is 5.43. The second-order valence-electron chi connectivity index (χ2n) is 9.12. The number of benzene rings is 2. The molecule has 7 nitrogen and oxygen atoms in total. The summed E-state index contributed by atoms with van der Waals surface area (Å²) in [5.74, 6) is 0.189. The van der Waals surface area contributed by atoms with Crippen LogP contribution in [0.3, 0.4) is 0 Å². The van der Waals surface area contributed by atoms with E-state index in [2.05, 4.69) is 11.9 Å². The highest BCUT2D eigenvalue weighted by Gasteiger charge is 2.28. The van der Waals surface area contributed by atoms with Gasteiger partial charge in [-0.05, 0) is 48.6 Å². The summed E-state index contributed by atoms with van der Waals surface area (Å²) in [5, 5.41) is 0.0918. The van der Waals surface area contributed by atoms with Gasteiger partial charge in [-0.3, -0.25) is 9.59 Å². The number of ether oxygens (including phenoxy) is 2. The van der Waals surface area contributed by atoms with Crippen LogP contribution in [0.1, 0.15) is 55.5 Å². The molecule has 4 rings (SSSR count). The van der Waals surface area contributed by atoms with E-state index in [4.69, 9.17) is 21.1 Å². The van der Waals surface area contributed by atoms with E-state index >= 15 is 0 Å². The lowest BCUT2D eigenvalue weighted by Gasteiger charge is -2.19. The van der Waals surface area contributed by atoms with E-state index in [1.807, 2.05) is 62.4 Å². The number of aryl methyl sites for hydroxylation is 1. The summed E-state index contributed by atoms with van der Waals surface area (Å²) in [6.07, 6.45) is 2.22. The number of nitrogens with zero attached hydrogens (tertiary/aromatic N) is 2. The Morgan fingerprint density at radius 1 is 1.05 bits per heavy atom. The smallest absolute Gasteiger partial charge is 0.357 e. The number of halogens is 1. The minimum absolute atomic E-state index is 0.0823. The number of hydrogen-bond acceptors (Lipinski definition) is 6. The van der Waals surface area contributed by atoms with Crippen molar-refractivity contribution in [2.75, 3.05) is 7.11 Å². The Labute approximate surface area is 220 Å². The average Bonchev–Trinajstić information content (AvgIpc) is 3.21. The molecule has 0 atom stereocenters. The second kappa shape index (κ2) is 11.1. The minimum atomic E-state index is -0.621. The zero-order valence-electron chi connectivity index (χ0n) is 21.3. The van der Waals surface area contributed by atoms with Crippen molar-refractivity contribution in [2.45, 2.75) is 52.7 Å². The summed E-state index contributed by atoms with van der Waals surface area (Å²) in [4.78, 5) is 42.2. The van der Waals surface area contributed by atoms with Crippen LogP contribution in [0, 0.1) is 0 Å². The zero-order valence-corrected chi connectivity index (χ0v) is 22.1. The highest BCUT2D eigenvalue weighted by Crippen LogP contribution is 2.36. The number of unbranched alkanes of at least 4 members (excludes halogenated alkanes) is 1. The largest absolute Gasteiger partial charge is 0.486 e. The number of rotatable bonds is 10. The third kappa shape index (κ3) is 5.23. The zero-order chi connectivity index (χ0) is 26.7. The fourth-order valence-electron chi connectivity index (χ4n) is 4.37. The van der Waals surface area contributed by atoms with Crippen LogP contribution in [0.15, 0.2) is 58.1 Å². The van der Waals surface area contributed by atoms with E-state index in [0.29, 0.717) is 17.8 Å². The highest BCUT2D eigenvalue weighted by molar-refractivity contribution is 6.32. The molecule has 0 radical (unpaired) electrons. The van der Waals surface area contributed by atoms with E-state index in [9.17, 15) is 14.4 Å². The average molecular weight is 521 g/mol. The molecule has 0 aliphatic carbocycles. The number of imidazole rings is 1. The fraction of sp³-hybridized carbons (Fsp3) is 0.310. The predicted molar refractivity (Wildman–Crippen MR) is 144 cm³/mol. The SMILES string of the molecule is CCCCc1nc(Cl)c(C(=O)OC)n1Cc1ccc(-c2ccccc2)c(-c2c(OC(C)C)c(=O)c2=O)c1. The molecule has 0 saturated carbocycles. The van der Waals surface area contributed by atoms with Crippen molar-refractivity contribution in [3.63, 3.8) is 0 Å². The first-order chi connectivity index (χ1) is 17.8. The van der Waals surface area contributed by atoms with Crippen molar-refractivity contribution in [3.8, 4) is 28.0 Å². The standard InChI is InChI=1S/C29H29ClN2O5/c1-5-6-12-22-31-28(30)24(29(35)36-4)32(22)16-18-13-14-20(19-10-8-7-9-11-19)21(15-18)23-25(33)26(34)27(23)37-17(2)3/h7-11,13-15,17H,5-6,12,16H2,1-4H3. The Morgan fingerprint density at radius 2 is 1.78 bits per heavy atom. The van der Waals surface area contributed by atoms with Gasteiger partial charge in [0.2, 0.25) is 5.43 Å². The van der Waals surface area contributed by atoms with Crippen molar-refractivity contribution in [1.82, 2.24) is 9.55 Å². The van der Waals surface area contributed by atoms with E-state index in [0.717, 1.165) is 29.5 Å². The molecule has 0 aliphatic rings. The molecule has 0 saturated heterocycles. The summed E-state index contributed by atoms with van der Waals surface area (Å²) in [7, 11) is 1.30. The highest BCUT2D eigenvalue weighted by atomic mass is 35.5. The maximum Gasteiger partial charge on any atom is 0.357 e. The first-order valence-electron chi connectivity index (χ1n) is 12.3. The second-order valence-corrected chi connectivity index (χ2v) is 9.48. The van der Waals surface area contributed by atoms with E-state index in [-0.39, 0.29) is 34.8 Å². The Kier molecular flexibility index (Phi) is 7.93. The third-order valence-corrected chi connectivity index (χ3v) is 6.40. The first kappa shape index (κ1) is 26.4. The van der Waals surface area contributed by atoms with Gasteiger partial charge in [0.05, 0.1) is 18.8 Å². The van der Waals surface area contributed by atoms with Gasteiger partial charge < -0.3 is 14.0 Å². The van der Waals surface area contributed by atoms with Crippen molar-refractivity contribution in [3.05, 3.63) is 91.2 Å². The van der Waals surface area contributed by atoms with Crippen LogP contribution < -0.4 is 15.6 Å². The molecule has 8 heteroatoms. The van der Waals surface area contributed by atoms with Crippen LogP contribution >= 0.6 is 11.6 Å². The van der Waals surface area contributed by atoms with Crippen LogP contribution in [-0.4, -0.2) is 28.7 Å². The molecule has 1 heterocycles. The van der Waals surface area contributed by atoms with Gasteiger partial charge in [0.15, 0.2) is 16.6 Å². The summed E-state index contributed by atoms with van der Waals surface area (Å²) in [6, 6.07) is 15.3. The van der Waals surface area contributed by atoms with Crippen LogP contribution in [-0.2, 0) is 17.7 Å². The summed E-state index contributed by atoms with van der Waals surface area (Å²) >= 11 is 6.35. The van der Waals surface area contributed by atoms with E-state index in [1.54, 1.807) is 4.57 Å². The van der Waals surface area contributed by atoms with Gasteiger partial charge in [0.1, 0.15) is 5.82 Å². The lowest BCUT2D eigenvalue weighted by atomic mass is 9.90. The number of carbonyl (C=O) groups is 1. The Bertz CT molecular complexity index is 1500. The van der Waals surface area contributed by atoms with Crippen LogP contribution in [0.25, 0.3) is 22.3 Å². The first-order valence-corrected chi connectivity index (χ1v) is 12.7. The van der Waals surface area contributed by atoms with Crippen molar-refractivity contribution >= 4 is 17.6 Å². The minimum Gasteiger partial charge on any atom is -0.486 e. The number of carbonyl (C=O) groups excluding carboxylic acids is 1. The molecule has 4 aromatic rings. The molecule has 192 valence electrons. The summed E-state index contributed by atoms with van der Waals surface area (Å²) < 4.78 is 12.5. The Balaban J connectivity index is 1.87. The molecule has 0 bridgehead atoms. The molecule has 0 unspecified atom stereocenters. The maximum absolute atomic E-state index is 12.8. The van der Waals surface area contributed by atoms with E-state index < -0.39 is 16.8 Å². The lowest BCUT2D eigenvalue weighted by Crippen LogP contribution is -2.36. The molecule has 3 aromatic carbocycles. The Hall–Kier alpha value is -3.71. The summed E-state index contributed by atoms with van der Waals surface area (Å²) in [6.45, 7) is 5.97. The molecule has 0 fully saturated rings. The number of methoxy groups -OCH3 is 1. The molecule has 37 heavy (non-hydrogen) atoms. The lowest BCUT2D eigenvalue weighted by molar-refractivity contribution is 0.0589. The molecule has 0 spiro atoms. The van der Waals surface area contributed by atoms with Crippen molar-refractivity contribution in [1.29, 1.82) is 0 Å². The molecule has 1 aromatic heterocycles. The molecule has 0 aliphatic heterocycles. The number of hydrogen-bond donors (Lipinski definition) is 0. The van der Waals surface area contributed by atoms with Gasteiger partial charge in [0.25, 0.3) is 5.43 Å². The summed E-state index contributed by atoms with van der Waals surface area (Å²) in [5.41, 5.74) is 2.36. The van der Waals surface area contributed by atoms with E-state index in [1.165, 1.54) is 7.11 Å². The molecule has 0 amide bonds. The molecular formula is C29H29ClN2O5. The van der Waals surface area contributed by atoms with Gasteiger partial charge in [0, 0.05) is 13.0 Å². The van der Waals surface area contributed by atoms with Crippen LogP contribution in [0.2, 0.25) is 5.15 Å². The topological polar surface area (TPSA) is 87.5 Å². The fourth-order valence-corrected chi connectivity index (χ4v) is 4.64. The maximum atomic E-state index is 12.8. The monoisotopic (exact) mass is 520 g/mol. The van der Waals surface area contributed by atoms with Gasteiger partial charge in [-0.1, -0.05) is 67.4 Å². The molecule has 0 N–H and O–H groups in total. The van der Waals surface area contributed by atoms with Gasteiger partial charge in [-0.25, -0.2) is 9.78 Å². The third-order valence-electron chi connectivity index (χ3n) is 6.14. The number of aromatic nitrogens is 2. The van der Waals surface area contributed by atoms with Crippen molar-refractivity contribution < 1.29 is 14.3 Å². The van der Waals surface area contributed by atoms with Crippen LogP contribution in [0.5, 0.6) is 5.75 Å².